The van der Waals surface area contributed by atoms with Crippen molar-refractivity contribution < 1.29 is 17.5 Å². The van der Waals surface area contributed by atoms with Gasteiger partial charge in [0.25, 0.3) is 0 Å². The van der Waals surface area contributed by atoms with Gasteiger partial charge < -0.3 is 9.30 Å². The van der Waals surface area contributed by atoms with Crippen molar-refractivity contribution in [1.29, 1.82) is 0 Å². The third-order valence-electron chi connectivity index (χ3n) is 6.59. The molecule has 2 saturated heterocycles. The normalized spacial score (nSPS) is 24.9. The second-order valence-corrected chi connectivity index (χ2v) is 10.5. The second-order valence-electron chi connectivity index (χ2n) is 8.53. The number of nitrogens with zero attached hydrogens (tertiary/aromatic N) is 4. The van der Waals surface area contributed by atoms with Crippen molar-refractivity contribution in [2.24, 2.45) is 5.41 Å². The molecule has 29 heavy (non-hydrogen) atoms. The summed E-state index contributed by atoms with van der Waals surface area (Å²) in [6.45, 7) is 2.11. The van der Waals surface area contributed by atoms with Crippen LogP contribution in [0, 0.1) is 11.2 Å². The van der Waals surface area contributed by atoms with Crippen LogP contribution in [0.15, 0.2) is 30.6 Å². The van der Waals surface area contributed by atoms with Crippen molar-refractivity contribution in [1.82, 2.24) is 19.1 Å². The number of ether oxygens (including phenoxy) is 1. The van der Waals surface area contributed by atoms with E-state index >= 15 is 0 Å². The molecule has 1 aromatic heterocycles. The van der Waals surface area contributed by atoms with E-state index < -0.39 is 15.8 Å². The third-order valence-corrected chi connectivity index (χ3v) is 8.35. The van der Waals surface area contributed by atoms with E-state index in [0.29, 0.717) is 37.9 Å². The monoisotopic (exact) mass is 420 g/mol. The van der Waals surface area contributed by atoms with E-state index in [0.717, 1.165) is 31.5 Å². The molecular weight excluding hydrogens is 395 g/mol. The molecule has 7 nitrogen and oxygen atoms in total. The van der Waals surface area contributed by atoms with Crippen LogP contribution in [0.5, 0.6) is 0 Å². The van der Waals surface area contributed by atoms with E-state index in [-0.39, 0.29) is 17.1 Å². The summed E-state index contributed by atoms with van der Waals surface area (Å²) in [7, 11) is -3.58. The number of rotatable bonds is 5. The number of hydrogen-bond donors (Lipinski definition) is 0. The average Bonchev–Trinajstić information content (AvgIpc) is 3.30. The molecule has 5 rings (SSSR count). The summed E-state index contributed by atoms with van der Waals surface area (Å²) in [6, 6.07) is 6.26. The molecule has 0 amide bonds. The Labute approximate surface area is 169 Å². The van der Waals surface area contributed by atoms with Crippen molar-refractivity contribution in [3.8, 4) is 0 Å². The molecule has 1 saturated carbocycles. The summed E-state index contributed by atoms with van der Waals surface area (Å²) in [5.41, 5.74) is 0.281. The Morgan fingerprint density at radius 3 is 2.76 bits per heavy atom. The van der Waals surface area contributed by atoms with Gasteiger partial charge in [0.2, 0.25) is 10.0 Å². The highest BCUT2D eigenvalue weighted by Crippen LogP contribution is 2.51. The highest BCUT2D eigenvalue weighted by molar-refractivity contribution is 7.88. The Kier molecular flexibility index (Phi) is 4.71. The van der Waals surface area contributed by atoms with Crippen molar-refractivity contribution in [3.63, 3.8) is 0 Å². The standard InChI is InChI=1S/C20H25FN4O3S/c21-16-3-1-2-15(10-16)12-29(26,27)24-11-18(20(13-24)6-8-28-9-7-20)19-23-22-14-25(19)17-4-5-17/h1-3,10,14,17-18H,4-9,11-13H2. The SMILES string of the molecule is O=S(=O)(Cc1cccc(F)c1)N1CC(c2nncn2C2CC2)C2(CCOCC2)C1. The molecule has 0 N–H and O–H groups in total. The summed E-state index contributed by atoms with van der Waals surface area (Å²) in [6.07, 6.45) is 5.64. The maximum absolute atomic E-state index is 13.5. The minimum absolute atomic E-state index is 0.00298. The van der Waals surface area contributed by atoms with Gasteiger partial charge in [-0.25, -0.2) is 17.1 Å². The first-order valence-electron chi connectivity index (χ1n) is 10.2. The number of aromatic nitrogens is 3. The van der Waals surface area contributed by atoms with E-state index in [9.17, 15) is 12.8 Å². The highest BCUT2D eigenvalue weighted by Gasteiger charge is 2.53. The van der Waals surface area contributed by atoms with Gasteiger partial charge in [0, 0.05) is 38.3 Å². The number of benzene rings is 1. The van der Waals surface area contributed by atoms with Crippen LogP contribution in [0.25, 0.3) is 0 Å². The van der Waals surface area contributed by atoms with Gasteiger partial charge in [0.05, 0.1) is 5.75 Å². The Morgan fingerprint density at radius 1 is 1.24 bits per heavy atom. The lowest BCUT2D eigenvalue weighted by Gasteiger charge is -2.37. The van der Waals surface area contributed by atoms with Crippen LogP contribution < -0.4 is 0 Å². The van der Waals surface area contributed by atoms with Crippen LogP contribution in [-0.4, -0.2) is 53.8 Å². The Hall–Kier alpha value is -1.84. The summed E-state index contributed by atoms with van der Waals surface area (Å²) in [5.74, 6) is 0.282. The third kappa shape index (κ3) is 3.60. The predicted molar refractivity (Wildman–Crippen MR) is 104 cm³/mol. The van der Waals surface area contributed by atoms with E-state index in [1.807, 2.05) is 0 Å². The summed E-state index contributed by atoms with van der Waals surface area (Å²) in [4.78, 5) is 0. The van der Waals surface area contributed by atoms with Crippen LogP contribution in [0.4, 0.5) is 4.39 Å². The zero-order valence-electron chi connectivity index (χ0n) is 16.2. The summed E-state index contributed by atoms with van der Waals surface area (Å²) < 4.78 is 49.3. The fourth-order valence-corrected chi connectivity index (χ4v) is 6.45. The first kappa shape index (κ1) is 19.1. The van der Waals surface area contributed by atoms with Crippen LogP contribution >= 0.6 is 0 Å². The van der Waals surface area contributed by atoms with Gasteiger partial charge in [-0.3, -0.25) is 0 Å². The number of hydrogen-bond acceptors (Lipinski definition) is 5. The van der Waals surface area contributed by atoms with Crippen molar-refractivity contribution in [2.75, 3.05) is 26.3 Å². The largest absolute Gasteiger partial charge is 0.381 e. The number of halogens is 1. The maximum atomic E-state index is 13.5. The molecule has 2 aliphatic heterocycles. The Balaban J connectivity index is 1.45. The van der Waals surface area contributed by atoms with E-state index in [1.54, 1.807) is 22.8 Å². The summed E-state index contributed by atoms with van der Waals surface area (Å²) >= 11 is 0. The molecule has 1 atom stereocenters. The molecule has 1 aliphatic carbocycles. The second kappa shape index (κ2) is 7.14. The smallest absolute Gasteiger partial charge is 0.218 e. The first-order chi connectivity index (χ1) is 14.0. The molecule has 3 aliphatic rings. The summed E-state index contributed by atoms with van der Waals surface area (Å²) in [5, 5.41) is 8.56. The molecule has 156 valence electrons. The van der Waals surface area contributed by atoms with E-state index in [4.69, 9.17) is 4.74 Å². The fourth-order valence-electron chi connectivity index (χ4n) is 4.84. The molecule has 1 unspecified atom stereocenters. The van der Waals surface area contributed by atoms with E-state index in [1.165, 1.54) is 12.1 Å². The Morgan fingerprint density at radius 2 is 2.03 bits per heavy atom. The lowest BCUT2D eigenvalue weighted by molar-refractivity contribution is 0.0129. The first-order valence-corrected chi connectivity index (χ1v) is 11.8. The number of sulfonamides is 1. The van der Waals surface area contributed by atoms with Crippen LogP contribution in [0.3, 0.4) is 0 Å². The quantitative estimate of drug-likeness (QED) is 0.743. The van der Waals surface area contributed by atoms with Gasteiger partial charge >= 0.3 is 0 Å². The molecule has 1 aromatic carbocycles. The van der Waals surface area contributed by atoms with Gasteiger partial charge in [0.15, 0.2) is 0 Å². The minimum Gasteiger partial charge on any atom is -0.381 e. The van der Waals surface area contributed by atoms with Gasteiger partial charge in [-0.2, -0.15) is 0 Å². The van der Waals surface area contributed by atoms with Crippen molar-refractivity contribution in [3.05, 3.63) is 47.8 Å². The van der Waals surface area contributed by atoms with Gasteiger partial charge in [0.1, 0.15) is 18.0 Å². The van der Waals surface area contributed by atoms with Crippen LogP contribution in [0.2, 0.25) is 0 Å². The molecule has 9 heteroatoms. The van der Waals surface area contributed by atoms with Crippen LogP contribution in [0.1, 0.15) is 49.0 Å². The molecular formula is C20H25FN4O3S. The molecule has 3 fully saturated rings. The zero-order chi connectivity index (χ0) is 20.1. The molecule has 0 radical (unpaired) electrons. The topological polar surface area (TPSA) is 77.3 Å². The highest BCUT2D eigenvalue weighted by atomic mass is 32.2. The minimum atomic E-state index is -3.58. The van der Waals surface area contributed by atoms with Gasteiger partial charge in [-0.15, -0.1) is 10.2 Å². The maximum Gasteiger partial charge on any atom is 0.218 e. The fraction of sp³-hybridized carbons (Fsp3) is 0.600. The van der Waals surface area contributed by atoms with Gasteiger partial charge in [-0.05, 0) is 48.8 Å². The molecule has 3 heterocycles. The average molecular weight is 421 g/mol. The van der Waals surface area contributed by atoms with Crippen molar-refractivity contribution >= 4 is 10.0 Å². The van der Waals surface area contributed by atoms with E-state index in [2.05, 4.69) is 14.8 Å². The Bertz CT molecular complexity index is 999. The van der Waals surface area contributed by atoms with Crippen molar-refractivity contribution in [2.45, 2.75) is 43.4 Å². The van der Waals surface area contributed by atoms with Crippen LogP contribution in [-0.2, 0) is 20.5 Å². The zero-order valence-corrected chi connectivity index (χ0v) is 17.0. The molecule has 2 aromatic rings. The molecule has 0 bridgehead atoms. The lowest BCUT2D eigenvalue weighted by atomic mass is 9.72. The predicted octanol–water partition coefficient (Wildman–Crippen LogP) is 2.48. The van der Waals surface area contributed by atoms with Gasteiger partial charge in [-0.1, -0.05) is 12.1 Å². The lowest BCUT2D eigenvalue weighted by Crippen LogP contribution is -2.38. The molecule has 1 spiro atoms.